The van der Waals surface area contributed by atoms with Gasteiger partial charge in [-0.05, 0) is 29.8 Å². The Hall–Kier alpha value is -5.06. The summed E-state index contributed by atoms with van der Waals surface area (Å²) in [7, 11) is 6.26. The molecule has 5 rings (SSSR count). The molecule has 0 aliphatic heterocycles. The van der Waals surface area contributed by atoms with E-state index in [9.17, 15) is 9.59 Å². The fraction of sp³-hybridized carbons (Fsp3) is 0.185. The molecule has 0 saturated carbocycles. The molecule has 0 spiro atoms. The Balaban J connectivity index is 1.70. The van der Waals surface area contributed by atoms with Gasteiger partial charge in [-0.1, -0.05) is 18.2 Å². The Bertz CT molecular complexity index is 1720. The van der Waals surface area contributed by atoms with E-state index in [1.165, 1.54) is 23.7 Å². The highest BCUT2D eigenvalue weighted by Crippen LogP contribution is 2.41. The Morgan fingerprint density at radius 2 is 1.82 bits per heavy atom. The van der Waals surface area contributed by atoms with E-state index in [-0.39, 0.29) is 29.1 Å². The molecular formula is C27H26N6O5. The first-order chi connectivity index (χ1) is 18.2. The number of nitrogens with two attached hydrogens (primary N) is 2. The zero-order valence-corrected chi connectivity index (χ0v) is 21.3. The van der Waals surface area contributed by atoms with Crippen LogP contribution in [-0.2, 0) is 6.42 Å². The molecule has 0 fully saturated rings. The van der Waals surface area contributed by atoms with Crippen molar-refractivity contribution in [3.8, 4) is 11.5 Å². The predicted octanol–water partition coefficient (Wildman–Crippen LogP) is 3.34. The van der Waals surface area contributed by atoms with Crippen LogP contribution in [0.1, 0.15) is 32.2 Å². The number of nitrogen functional groups attached to an aromatic ring is 2. The Morgan fingerprint density at radius 3 is 2.50 bits per heavy atom. The standard InChI is InChI=1S/C27H26N6O5/c1-32(2)25(34)19-10-14-7-5-6-8-18(14)33(19)26(35)21-12-17-15(9-16-13-30-27(29)31-24(16)28)11-20(36-3)23(37-4)22(17)38-21/h5-8,10-13H,9H2,1-4H3,(H4,28,29,30,31). The molecule has 4 N–H and O–H groups in total. The summed E-state index contributed by atoms with van der Waals surface area (Å²) in [4.78, 5) is 36.4. The SMILES string of the molecule is COc1cc(Cc2cnc(N)nc2N)c2cc(C(=O)n3c(C(=O)N(C)C)cc4ccccc43)oc2c1OC. The van der Waals surface area contributed by atoms with Gasteiger partial charge < -0.3 is 30.3 Å². The van der Waals surface area contributed by atoms with Crippen molar-refractivity contribution in [2.24, 2.45) is 0 Å². The number of carbonyl (C=O) groups excluding carboxylic acids is 2. The second-order valence-electron chi connectivity index (χ2n) is 8.87. The van der Waals surface area contributed by atoms with Crippen molar-refractivity contribution in [3.05, 3.63) is 71.2 Å². The number of amides is 1. The fourth-order valence-corrected chi connectivity index (χ4v) is 4.45. The molecule has 38 heavy (non-hydrogen) atoms. The summed E-state index contributed by atoms with van der Waals surface area (Å²) in [5.74, 6) is 0.248. The molecule has 1 amide bonds. The summed E-state index contributed by atoms with van der Waals surface area (Å²) < 4.78 is 18.6. The molecule has 0 bridgehead atoms. The first kappa shape index (κ1) is 24.6. The maximum atomic E-state index is 13.9. The highest BCUT2D eigenvalue weighted by molar-refractivity contribution is 6.10. The van der Waals surface area contributed by atoms with Crippen molar-refractivity contribution in [2.45, 2.75) is 6.42 Å². The second-order valence-corrected chi connectivity index (χ2v) is 8.87. The molecule has 0 aliphatic rings. The number of carbonyl (C=O) groups is 2. The van der Waals surface area contributed by atoms with Crippen molar-refractivity contribution in [2.75, 3.05) is 39.8 Å². The third-order valence-electron chi connectivity index (χ3n) is 6.28. The van der Waals surface area contributed by atoms with Gasteiger partial charge in [-0.3, -0.25) is 14.2 Å². The van der Waals surface area contributed by atoms with Crippen LogP contribution in [0.4, 0.5) is 11.8 Å². The van der Waals surface area contributed by atoms with Gasteiger partial charge >= 0.3 is 0 Å². The van der Waals surface area contributed by atoms with E-state index in [2.05, 4.69) is 9.97 Å². The van der Waals surface area contributed by atoms with Gasteiger partial charge in [0, 0.05) is 43.0 Å². The van der Waals surface area contributed by atoms with Gasteiger partial charge in [0.1, 0.15) is 11.5 Å². The molecule has 11 nitrogen and oxygen atoms in total. The summed E-state index contributed by atoms with van der Waals surface area (Å²) in [6.45, 7) is 0. The summed E-state index contributed by atoms with van der Waals surface area (Å²) in [5, 5.41) is 1.36. The average molecular weight is 515 g/mol. The van der Waals surface area contributed by atoms with Crippen molar-refractivity contribution in [1.29, 1.82) is 0 Å². The van der Waals surface area contributed by atoms with E-state index in [0.717, 1.165) is 10.9 Å². The first-order valence-electron chi connectivity index (χ1n) is 11.6. The number of hydrogen-bond donors (Lipinski definition) is 2. The van der Waals surface area contributed by atoms with Gasteiger partial charge in [0.15, 0.2) is 17.1 Å². The van der Waals surface area contributed by atoms with Gasteiger partial charge in [0.25, 0.3) is 11.8 Å². The second kappa shape index (κ2) is 9.43. The summed E-state index contributed by atoms with van der Waals surface area (Å²) in [6, 6.07) is 12.4. The number of fused-ring (bicyclic) bond motifs is 2. The topological polar surface area (TPSA) is 152 Å². The minimum absolute atomic E-state index is 0.0171. The van der Waals surface area contributed by atoms with E-state index in [4.69, 9.17) is 25.4 Å². The largest absolute Gasteiger partial charge is 0.493 e. The minimum atomic E-state index is -0.505. The summed E-state index contributed by atoms with van der Waals surface area (Å²) in [5.41, 5.74) is 14.2. The van der Waals surface area contributed by atoms with Gasteiger partial charge in [-0.25, -0.2) is 4.98 Å². The zero-order chi connectivity index (χ0) is 27.1. The smallest absolute Gasteiger partial charge is 0.298 e. The van der Waals surface area contributed by atoms with Crippen LogP contribution in [0, 0.1) is 0 Å². The highest BCUT2D eigenvalue weighted by atomic mass is 16.5. The normalized spacial score (nSPS) is 11.2. The number of hydrogen-bond acceptors (Lipinski definition) is 9. The molecule has 3 heterocycles. The van der Waals surface area contributed by atoms with E-state index in [1.54, 1.807) is 50.6 Å². The van der Waals surface area contributed by atoms with Crippen LogP contribution in [0.25, 0.3) is 21.9 Å². The summed E-state index contributed by atoms with van der Waals surface area (Å²) in [6.07, 6.45) is 1.87. The Kier molecular flexibility index (Phi) is 6.11. The number of nitrogens with zero attached hydrogens (tertiary/aromatic N) is 4. The number of furan rings is 1. The van der Waals surface area contributed by atoms with Gasteiger partial charge in [0.2, 0.25) is 11.7 Å². The van der Waals surface area contributed by atoms with Crippen molar-refractivity contribution in [1.82, 2.24) is 19.4 Å². The minimum Gasteiger partial charge on any atom is -0.493 e. The third-order valence-corrected chi connectivity index (χ3v) is 6.28. The molecular weight excluding hydrogens is 488 g/mol. The number of ether oxygens (including phenoxy) is 2. The third kappa shape index (κ3) is 4.03. The first-order valence-corrected chi connectivity index (χ1v) is 11.6. The maximum absolute atomic E-state index is 13.9. The lowest BCUT2D eigenvalue weighted by molar-refractivity contribution is 0.0800. The molecule has 0 saturated heterocycles. The fourth-order valence-electron chi connectivity index (χ4n) is 4.45. The Labute approximate surface area is 217 Å². The molecule has 5 aromatic rings. The van der Waals surface area contributed by atoms with E-state index in [1.807, 2.05) is 12.1 Å². The number of benzene rings is 2. The van der Waals surface area contributed by atoms with E-state index in [0.29, 0.717) is 40.0 Å². The lowest BCUT2D eigenvalue weighted by atomic mass is 10.0. The van der Waals surface area contributed by atoms with Crippen LogP contribution >= 0.6 is 0 Å². The average Bonchev–Trinajstić information content (AvgIpc) is 3.51. The van der Waals surface area contributed by atoms with Crippen LogP contribution in [-0.4, -0.2) is 59.6 Å². The zero-order valence-electron chi connectivity index (χ0n) is 21.3. The molecule has 194 valence electrons. The molecule has 0 radical (unpaired) electrons. The maximum Gasteiger partial charge on any atom is 0.298 e. The number of rotatable bonds is 6. The van der Waals surface area contributed by atoms with Crippen molar-refractivity contribution in [3.63, 3.8) is 0 Å². The monoisotopic (exact) mass is 514 g/mol. The van der Waals surface area contributed by atoms with Crippen LogP contribution in [0.5, 0.6) is 11.5 Å². The lowest BCUT2D eigenvalue weighted by Gasteiger charge is -2.12. The molecule has 2 aromatic carbocycles. The number of methoxy groups -OCH3 is 2. The summed E-state index contributed by atoms with van der Waals surface area (Å²) >= 11 is 0. The number of aromatic nitrogens is 3. The van der Waals surface area contributed by atoms with Crippen LogP contribution in [0.3, 0.4) is 0 Å². The van der Waals surface area contributed by atoms with Gasteiger partial charge in [0.05, 0.1) is 19.7 Å². The van der Waals surface area contributed by atoms with Crippen molar-refractivity contribution >= 4 is 45.5 Å². The molecule has 0 atom stereocenters. The van der Waals surface area contributed by atoms with Crippen LogP contribution < -0.4 is 20.9 Å². The molecule has 3 aromatic heterocycles. The van der Waals surface area contributed by atoms with Gasteiger partial charge in [-0.15, -0.1) is 0 Å². The predicted molar refractivity (Wildman–Crippen MR) is 143 cm³/mol. The Morgan fingerprint density at radius 1 is 1.05 bits per heavy atom. The lowest BCUT2D eigenvalue weighted by Crippen LogP contribution is -2.27. The molecule has 0 aliphatic carbocycles. The molecule has 0 unspecified atom stereocenters. The van der Waals surface area contributed by atoms with E-state index < -0.39 is 5.91 Å². The van der Waals surface area contributed by atoms with Crippen LogP contribution in [0.15, 0.2) is 53.1 Å². The highest BCUT2D eigenvalue weighted by Gasteiger charge is 2.27. The molecule has 11 heteroatoms. The number of para-hydroxylation sites is 1. The number of anilines is 2. The van der Waals surface area contributed by atoms with Gasteiger partial charge in [-0.2, -0.15) is 4.98 Å². The van der Waals surface area contributed by atoms with Crippen LogP contribution in [0.2, 0.25) is 0 Å². The quantitative estimate of drug-likeness (QED) is 0.347. The van der Waals surface area contributed by atoms with E-state index >= 15 is 0 Å². The van der Waals surface area contributed by atoms with Crippen molar-refractivity contribution < 1.29 is 23.5 Å².